The van der Waals surface area contributed by atoms with Gasteiger partial charge in [-0.25, -0.2) is 4.68 Å². The summed E-state index contributed by atoms with van der Waals surface area (Å²) in [4.78, 5) is 11.6. The van der Waals surface area contributed by atoms with E-state index in [2.05, 4.69) is 15.6 Å². The van der Waals surface area contributed by atoms with E-state index in [1.165, 1.54) is 6.07 Å². The fourth-order valence-electron chi connectivity index (χ4n) is 1.33. The molecule has 0 saturated heterocycles. The van der Waals surface area contributed by atoms with Gasteiger partial charge in [-0.1, -0.05) is 5.16 Å². The summed E-state index contributed by atoms with van der Waals surface area (Å²) in [6, 6.07) is 2.88. The predicted molar refractivity (Wildman–Crippen MR) is 55.9 cm³/mol. The Morgan fingerprint density at radius 1 is 1.61 bits per heavy atom. The van der Waals surface area contributed by atoms with Gasteiger partial charge >= 0.3 is 6.55 Å². The minimum Gasteiger partial charge on any atom is -0.361 e. The molecular weight excluding hydrogens is 246 g/mol. The van der Waals surface area contributed by atoms with Crippen molar-refractivity contribution >= 4 is 5.91 Å². The van der Waals surface area contributed by atoms with Crippen molar-refractivity contribution < 1.29 is 18.1 Å². The van der Waals surface area contributed by atoms with E-state index in [9.17, 15) is 13.6 Å². The average molecular weight is 256 g/mol. The fraction of sp³-hybridized carbons (Fsp3) is 0.300. The second-order valence-corrected chi connectivity index (χ2v) is 3.57. The van der Waals surface area contributed by atoms with Crippen LogP contribution < -0.4 is 5.32 Å². The first kappa shape index (κ1) is 12.2. The van der Waals surface area contributed by atoms with Gasteiger partial charge in [-0.3, -0.25) is 4.79 Å². The smallest absolute Gasteiger partial charge is 0.333 e. The highest BCUT2D eigenvalue weighted by molar-refractivity contribution is 5.92. The largest absolute Gasteiger partial charge is 0.361 e. The number of carbonyl (C=O) groups excluding carboxylic acids is 1. The molecule has 0 saturated carbocycles. The van der Waals surface area contributed by atoms with Gasteiger partial charge in [-0.05, 0) is 13.0 Å². The quantitative estimate of drug-likeness (QED) is 0.899. The van der Waals surface area contributed by atoms with Crippen molar-refractivity contribution in [3.8, 4) is 0 Å². The minimum atomic E-state index is -2.76. The van der Waals surface area contributed by atoms with Crippen LogP contribution in [-0.2, 0) is 6.54 Å². The van der Waals surface area contributed by atoms with E-state index in [1.807, 2.05) is 0 Å². The molecule has 1 N–H and O–H groups in total. The second-order valence-electron chi connectivity index (χ2n) is 3.57. The number of nitrogens with one attached hydrogen (secondary N) is 1. The Hall–Kier alpha value is -2.25. The molecule has 6 nitrogen and oxygen atoms in total. The van der Waals surface area contributed by atoms with Crippen LogP contribution in [0.15, 0.2) is 22.9 Å². The van der Waals surface area contributed by atoms with E-state index >= 15 is 0 Å². The average Bonchev–Trinajstić information content (AvgIpc) is 2.94. The summed E-state index contributed by atoms with van der Waals surface area (Å²) < 4.78 is 29.7. The molecule has 0 aliphatic carbocycles. The van der Waals surface area contributed by atoms with Crippen LogP contribution in [0.4, 0.5) is 8.78 Å². The lowest BCUT2D eigenvalue weighted by atomic mass is 10.3. The van der Waals surface area contributed by atoms with Crippen LogP contribution in [0.3, 0.4) is 0 Å². The highest BCUT2D eigenvalue weighted by Gasteiger charge is 2.13. The van der Waals surface area contributed by atoms with Crippen LogP contribution in [0.2, 0.25) is 0 Å². The molecule has 0 spiro atoms. The van der Waals surface area contributed by atoms with Crippen molar-refractivity contribution in [2.75, 3.05) is 0 Å². The summed E-state index contributed by atoms with van der Waals surface area (Å²) in [5, 5.41) is 9.62. The molecule has 0 aliphatic rings. The Labute approximate surface area is 101 Å². The van der Waals surface area contributed by atoms with Gasteiger partial charge in [0.25, 0.3) is 5.91 Å². The van der Waals surface area contributed by atoms with Gasteiger partial charge in [-0.15, -0.1) is 0 Å². The number of alkyl halides is 2. The molecule has 96 valence electrons. The summed E-state index contributed by atoms with van der Waals surface area (Å²) in [5.41, 5.74) is 0.477. The van der Waals surface area contributed by atoms with Crippen LogP contribution in [0.25, 0.3) is 0 Å². The van der Waals surface area contributed by atoms with E-state index in [0.717, 1.165) is 6.20 Å². The zero-order valence-electron chi connectivity index (χ0n) is 9.43. The summed E-state index contributed by atoms with van der Waals surface area (Å²) in [6.07, 6.45) is 1.04. The van der Waals surface area contributed by atoms with E-state index in [4.69, 9.17) is 4.52 Å². The van der Waals surface area contributed by atoms with Gasteiger partial charge in [0.15, 0.2) is 0 Å². The van der Waals surface area contributed by atoms with Gasteiger partial charge in [0.1, 0.15) is 17.1 Å². The molecule has 0 aliphatic heterocycles. The van der Waals surface area contributed by atoms with Gasteiger partial charge in [0.05, 0.1) is 6.54 Å². The molecule has 0 fully saturated rings. The summed E-state index contributed by atoms with van der Waals surface area (Å²) >= 11 is 0. The number of hydrogen-bond acceptors (Lipinski definition) is 4. The third kappa shape index (κ3) is 2.70. The molecule has 2 aromatic rings. The molecule has 0 aromatic carbocycles. The van der Waals surface area contributed by atoms with Crippen LogP contribution in [-0.4, -0.2) is 20.8 Å². The van der Waals surface area contributed by atoms with E-state index in [1.54, 1.807) is 13.0 Å². The van der Waals surface area contributed by atoms with Gasteiger partial charge in [-0.2, -0.15) is 13.9 Å². The fourth-order valence-corrected chi connectivity index (χ4v) is 1.33. The number of aromatic nitrogens is 3. The maximum absolute atomic E-state index is 12.2. The van der Waals surface area contributed by atoms with Crippen LogP contribution >= 0.6 is 0 Å². The third-order valence-corrected chi connectivity index (χ3v) is 2.15. The Kier molecular flexibility index (Phi) is 3.35. The van der Waals surface area contributed by atoms with Crippen molar-refractivity contribution in [1.29, 1.82) is 0 Å². The number of hydrogen-bond donors (Lipinski definition) is 1. The lowest BCUT2D eigenvalue weighted by Crippen LogP contribution is -2.23. The maximum Gasteiger partial charge on any atom is 0.333 e. The molecule has 18 heavy (non-hydrogen) atoms. The first-order valence-electron chi connectivity index (χ1n) is 5.10. The summed E-state index contributed by atoms with van der Waals surface area (Å²) in [7, 11) is 0. The molecule has 0 radical (unpaired) electrons. The van der Waals surface area contributed by atoms with Gasteiger partial charge < -0.3 is 9.84 Å². The molecule has 1 amide bonds. The van der Waals surface area contributed by atoms with Crippen molar-refractivity contribution in [3.63, 3.8) is 0 Å². The van der Waals surface area contributed by atoms with Crippen molar-refractivity contribution in [2.45, 2.75) is 20.0 Å². The lowest BCUT2D eigenvalue weighted by molar-refractivity contribution is 0.0560. The topological polar surface area (TPSA) is 73.0 Å². The van der Waals surface area contributed by atoms with E-state index in [0.29, 0.717) is 16.1 Å². The molecule has 0 bridgehead atoms. The lowest BCUT2D eigenvalue weighted by Gasteiger charge is -2.00. The van der Waals surface area contributed by atoms with Crippen molar-refractivity contribution in [1.82, 2.24) is 20.3 Å². The van der Waals surface area contributed by atoms with Crippen LogP contribution in [0.1, 0.15) is 28.5 Å². The second kappa shape index (κ2) is 4.94. The SMILES string of the molecule is Cc1cc(CNC(=O)c2ccn(C(F)F)n2)no1. The molecule has 8 heteroatoms. The molecule has 2 heterocycles. The van der Waals surface area contributed by atoms with Crippen LogP contribution in [0, 0.1) is 6.92 Å². The Balaban J connectivity index is 1.95. The van der Waals surface area contributed by atoms with E-state index < -0.39 is 12.5 Å². The zero-order valence-corrected chi connectivity index (χ0v) is 9.43. The minimum absolute atomic E-state index is 0.0736. The zero-order chi connectivity index (χ0) is 13.1. The summed E-state index contributed by atoms with van der Waals surface area (Å²) in [5.74, 6) is 0.0799. The highest BCUT2D eigenvalue weighted by atomic mass is 19.3. The molecule has 2 aromatic heterocycles. The normalized spacial score (nSPS) is 10.9. The van der Waals surface area contributed by atoms with Gasteiger partial charge in [0, 0.05) is 12.3 Å². The predicted octanol–water partition coefficient (Wildman–Crippen LogP) is 1.50. The van der Waals surface area contributed by atoms with Gasteiger partial charge in [0.2, 0.25) is 0 Å². The number of amides is 1. The Morgan fingerprint density at radius 3 is 2.94 bits per heavy atom. The molecular formula is C10H10F2N4O2. The molecule has 0 unspecified atom stereocenters. The van der Waals surface area contributed by atoms with Crippen molar-refractivity contribution in [3.05, 3.63) is 35.5 Å². The number of carbonyl (C=O) groups is 1. The monoisotopic (exact) mass is 256 g/mol. The molecule has 2 rings (SSSR count). The third-order valence-electron chi connectivity index (χ3n) is 2.15. The highest BCUT2D eigenvalue weighted by Crippen LogP contribution is 2.08. The molecule has 0 atom stereocenters. The van der Waals surface area contributed by atoms with E-state index in [-0.39, 0.29) is 12.2 Å². The number of aryl methyl sites for hydroxylation is 1. The Morgan fingerprint density at radius 2 is 2.39 bits per heavy atom. The number of nitrogens with zero attached hydrogens (tertiary/aromatic N) is 3. The maximum atomic E-state index is 12.2. The van der Waals surface area contributed by atoms with Crippen molar-refractivity contribution in [2.24, 2.45) is 0 Å². The standard InChI is InChI=1S/C10H10F2N4O2/c1-6-4-7(15-18-6)5-13-9(17)8-2-3-16(14-8)10(11)12/h2-4,10H,5H2,1H3,(H,13,17). The first-order valence-corrected chi connectivity index (χ1v) is 5.10. The number of halogens is 2. The van der Waals surface area contributed by atoms with Crippen LogP contribution in [0.5, 0.6) is 0 Å². The Bertz CT molecular complexity index is 550. The number of rotatable bonds is 4. The first-order chi connectivity index (χ1) is 8.56. The summed E-state index contributed by atoms with van der Waals surface area (Å²) in [6.45, 7) is -0.884.